The number of rotatable bonds is 5. The lowest BCUT2D eigenvalue weighted by Gasteiger charge is -2.26. The Balaban J connectivity index is 2.03. The molecule has 1 atom stereocenters. The second-order valence-corrected chi connectivity index (χ2v) is 5.45. The summed E-state index contributed by atoms with van der Waals surface area (Å²) >= 11 is 0. The summed E-state index contributed by atoms with van der Waals surface area (Å²) in [5.41, 5.74) is 0.442. The number of nitrogens with zero attached hydrogens (tertiary/aromatic N) is 1. The van der Waals surface area contributed by atoms with Crippen LogP contribution in [0.15, 0.2) is 29.5 Å². The smallest absolute Gasteiger partial charge is 0.290 e. The van der Waals surface area contributed by atoms with Crippen LogP contribution in [0.5, 0.6) is 11.5 Å². The van der Waals surface area contributed by atoms with Crippen LogP contribution in [0.25, 0.3) is 0 Å². The van der Waals surface area contributed by atoms with Gasteiger partial charge < -0.3 is 29.4 Å². The lowest BCUT2D eigenvalue weighted by atomic mass is 9.96. The van der Waals surface area contributed by atoms with Crippen molar-refractivity contribution in [2.24, 2.45) is 0 Å². The number of carbonyl (C=O) groups is 3. The number of carboxylic acids is 1. The lowest BCUT2D eigenvalue weighted by Crippen LogP contribution is -2.35. The molecule has 3 rings (SSSR count). The predicted molar refractivity (Wildman–Crippen MR) is 77.0 cm³/mol. The minimum atomic E-state index is -1.33. The van der Waals surface area contributed by atoms with Crippen molar-refractivity contribution in [3.8, 4) is 11.5 Å². The number of aliphatic hydroxyl groups excluding tert-OH is 1. The van der Waals surface area contributed by atoms with Crippen molar-refractivity contribution in [3.05, 3.63) is 35.1 Å². The maximum Gasteiger partial charge on any atom is 0.290 e. The summed E-state index contributed by atoms with van der Waals surface area (Å²) < 4.78 is 10.5. The van der Waals surface area contributed by atoms with E-state index in [1.54, 1.807) is 18.2 Å². The molecule has 0 aliphatic carbocycles. The van der Waals surface area contributed by atoms with E-state index in [4.69, 9.17) is 9.47 Å². The molecule has 1 aromatic rings. The van der Waals surface area contributed by atoms with Gasteiger partial charge in [0, 0.05) is 18.9 Å². The molecule has 2 aliphatic heterocycles. The molecule has 1 amide bonds. The highest BCUT2D eigenvalue weighted by atomic mass is 16.7. The van der Waals surface area contributed by atoms with Gasteiger partial charge >= 0.3 is 0 Å². The fourth-order valence-electron chi connectivity index (χ4n) is 2.89. The molecule has 24 heavy (non-hydrogen) atoms. The third-order valence-electron chi connectivity index (χ3n) is 3.95. The molecule has 0 spiro atoms. The van der Waals surface area contributed by atoms with Gasteiger partial charge in [-0.05, 0) is 24.6 Å². The number of amides is 1. The van der Waals surface area contributed by atoms with E-state index >= 15 is 0 Å². The summed E-state index contributed by atoms with van der Waals surface area (Å²) in [4.78, 5) is 36.0. The molecule has 0 radical (unpaired) electrons. The number of Topliss-reactive ketones (excluding diaryl/α,β-unsaturated/α-hetero) is 1. The fourth-order valence-corrected chi connectivity index (χ4v) is 2.89. The van der Waals surface area contributed by atoms with E-state index < -0.39 is 35.9 Å². The largest absolute Gasteiger partial charge is 0.550 e. The molecule has 126 valence electrons. The molecule has 0 fully saturated rings. The van der Waals surface area contributed by atoms with Gasteiger partial charge in [-0.25, -0.2) is 0 Å². The molecule has 0 saturated carbocycles. The first-order valence-corrected chi connectivity index (χ1v) is 7.24. The van der Waals surface area contributed by atoms with Crippen LogP contribution in [0.3, 0.4) is 0 Å². The fraction of sp³-hybridized carbons (Fsp3) is 0.312. The number of hydrogen-bond donors (Lipinski definition) is 1. The summed E-state index contributed by atoms with van der Waals surface area (Å²) in [5.74, 6) is -2.27. The molecule has 0 aromatic heterocycles. The van der Waals surface area contributed by atoms with Crippen LogP contribution in [-0.4, -0.2) is 41.0 Å². The van der Waals surface area contributed by atoms with Crippen molar-refractivity contribution in [2.45, 2.75) is 19.4 Å². The van der Waals surface area contributed by atoms with Crippen LogP contribution in [-0.2, 0) is 14.4 Å². The second kappa shape index (κ2) is 5.88. The van der Waals surface area contributed by atoms with E-state index in [2.05, 4.69) is 0 Å². The van der Waals surface area contributed by atoms with Crippen LogP contribution in [0, 0.1) is 0 Å². The molecule has 2 heterocycles. The number of hydrogen-bond acceptors (Lipinski definition) is 7. The van der Waals surface area contributed by atoms with Gasteiger partial charge in [-0.15, -0.1) is 0 Å². The quantitative estimate of drug-likeness (QED) is 0.796. The highest BCUT2D eigenvalue weighted by Crippen LogP contribution is 2.41. The van der Waals surface area contributed by atoms with Crippen molar-refractivity contribution < 1.29 is 34.1 Å². The van der Waals surface area contributed by atoms with Crippen molar-refractivity contribution in [1.29, 1.82) is 0 Å². The van der Waals surface area contributed by atoms with E-state index in [0.29, 0.717) is 17.1 Å². The third-order valence-corrected chi connectivity index (χ3v) is 3.95. The highest BCUT2D eigenvalue weighted by Gasteiger charge is 2.42. The minimum absolute atomic E-state index is 0.0669. The van der Waals surface area contributed by atoms with Crippen molar-refractivity contribution in [3.63, 3.8) is 0 Å². The number of carboxylic acid groups (broad SMARTS) is 1. The summed E-state index contributed by atoms with van der Waals surface area (Å²) in [6.45, 7) is 1.11. The Morgan fingerprint density at radius 2 is 2.04 bits per heavy atom. The molecule has 2 aliphatic rings. The monoisotopic (exact) mass is 332 g/mol. The Labute approximate surface area is 136 Å². The zero-order valence-electron chi connectivity index (χ0n) is 12.8. The molecule has 0 bridgehead atoms. The SMILES string of the molecule is CC(=O)C1=C(O)C(=O)N(CCC(=O)[O-])C1c1ccc2c(c1)OCO2. The van der Waals surface area contributed by atoms with Gasteiger partial charge in [0.25, 0.3) is 5.91 Å². The van der Waals surface area contributed by atoms with Crippen molar-refractivity contribution >= 4 is 17.7 Å². The number of ether oxygens (including phenoxy) is 2. The Morgan fingerprint density at radius 3 is 2.71 bits per heavy atom. The van der Waals surface area contributed by atoms with Gasteiger partial charge in [0.1, 0.15) is 0 Å². The molecule has 8 nitrogen and oxygen atoms in total. The van der Waals surface area contributed by atoms with Gasteiger partial charge in [-0.2, -0.15) is 0 Å². The average Bonchev–Trinajstić information content (AvgIpc) is 3.08. The van der Waals surface area contributed by atoms with Crippen LogP contribution in [0.1, 0.15) is 24.9 Å². The Hall–Kier alpha value is -3.03. The number of benzene rings is 1. The number of ketones is 1. The molecular formula is C16H14NO7-. The van der Waals surface area contributed by atoms with Gasteiger partial charge in [0.2, 0.25) is 6.79 Å². The number of carbonyl (C=O) groups excluding carboxylic acids is 3. The molecule has 8 heteroatoms. The first kappa shape index (κ1) is 15.9. The summed E-state index contributed by atoms with van der Waals surface area (Å²) in [7, 11) is 0. The van der Waals surface area contributed by atoms with E-state index in [-0.39, 0.29) is 18.9 Å². The molecule has 1 aromatic carbocycles. The topological polar surface area (TPSA) is 116 Å². The Morgan fingerprint density at radius 1 is 1.33 bits per heavy atom. The Bertz CT molecular complexity index is 768. The highest BCUT2D eigenvalue weighted by molar-refractivity contribution is 6.08. The van der Waals surface area contributed by atoms with Crippen molar-refractivity contribution in [1.82, 2.24) is 4.90 Å². The first-order chi connectivity index (χ1) is 11.4. The van der Waals surface area contributed by atoms with Gasteiger partial charge in [-0.1, -0.05) is 6.07 Å². The van der Waals surface area contributed by atoms with E-state index in [1.807, 2.05) is 0 Å². The first-order valence-electron chi connectivity index (χ1n) is 7.24. The zero-order valence-corrected chi connectivity index (χ0v) is 12.8. The van der Waals surface area contributed by atoms with Gasteiger partial charge in [0.05, 0.1) is 11.6 Å². The molecular weight excluding hydrogens is 318 g/mol. The summed E-state index contributed by atoms with van der Waals surface area (Å²) in [6.07, 6.45) is -0.411. The standard InChI is InChI=1S/C16H15NO7/c1-8(18)13-14(9-2-3-10-11(6-9)24-7-23-10)17(5-4-12(19)20)16(22)15(13)21/h2-3,6,14,21H,4-5,7H2,1H3,(H,19,20)/p-1. The molecule has 1 N–H and O–H groups in total. The van der Waals surface area contributed by atoms with Gasteiger partial charge in [0.15, 0.2) is 23.0 Å². The van der Waals surface area contributed by atoms with Crippen LogP contribution >= 0.6 is 0 Å². The number of aliphatic carboxylic acids is 1. The van der Waals surface area contributed by atoms with E-state index in [0.717, 1.165) is 4.90 Å². The maximum atomic E-state index is 12.2. The maximum absolute atomic E-state index is 12.2. The number of fused-ring (bicyclic) bond motifs is 1. The lowest BCUT2D eigenvalue weighted by molar-refractivity contribution is -0.305. The van der Waals surface area contributed by atoms with Crippen LogP contribution < -0.4 is 14.6 Å². The van der Waals surface area contributed by atoms with E-state index in [9.17, 15) is 24.6 Å². The number of aliphatic hydroxyl groups is 1. The van der Waals surface area contributed by atoms with Crippen molar-refractivity contribution in [2.75, 3.05) is 13.3 Å². The van der Waals surface area contributed by atoms with Crippen LogP contribution in [0.2, 0.25) is 0 Å². The second-order valence-electron chi connectivity index (χ2n) is 5.45. The minimum Gasteiger partial charge on any atom is -0.550 e. The average molecular weight is 332 g/mol. The summed E-state index contributed by atoms with van der Waals surface area (Å²) in [6, 6.07) is 3.99. The zero-order chi connectivity index (χ0) is 17.4. The molecule has 0 saturated heterocycles. The Kier molecular flexibility index (Phi) is 3.88. The predicted octanol–water partition coefficient (Wildman–Crippen LogP) is -0.160. The van der Waals surface area contributed by atoms with Gasteiger partial charge in [-0.3, -0.25) is 9.59 Å². The normalized spacial score (nSPS) is 19.1. The summed E-state index contributed by atoms with van der Waals surface area (Å²) in [5, 5.41) is 20.8. The van der Waals surface area contributed by atoms with E-state index in [1.165, 1.54) is 6.92 Å². The third kappa shape index (κ3) is 2.55. The molecule has 1 unspecified atom stereocenters. The van der Waals surface area contributed by atoms with Crippen LogP contribution in [0.4, 0.5) is 0 Å².